The van der Waals surface area contributed by atoms with E-state index >= 15 is 0 Å². The average Bonchev–Trinajstić information content (AvgIpc) is 3.05. The van der Waals surface area contributed by atoms with Gasteiger partial charge >= 0.3 is 0 Å². The molecule has 2 amide bonds. The number of fused-ring (bicyclic) bond motifs is 1. The van der Waals surface area contributed by atoms with Gasteiger partial charge in [0.1, 0.15) is 0 Å². The number of hydrogen-bond donors (Lipinski definition) is 2. The molecule has 3 rings (SSSR count). The van der Waals surface area contributed by atoms with Gasteiger partial charge in [0.25, 0.3) is 11.8 Å². The Morgan fingerprint density at radius 2 is 1.96 bits per heavy atom. The summed E-state index contributed by atoms with van der Waals surface area (Å²) in [4.78, 5) is 27.3. The largest absolute Gasteiger partial charge is 0.352 e. The van der Waals surface area contributed by atoms with E-state index in [1.54, 1.807) is 17.3 Å². The van der Waals surface area contributed by atoms with Gasteiger partial charge in [0.15, 0.2) is 0 Å². The second kappa shape index (κ2) is 6.78. The van der Waals surface area contributed by atoms with Crippen LogP contribution in [0.3, 0.4) is 0 Å². The van der Waals surface area contributed by atoms with Gasteiger partial charge in [-0.05, 0) is 26.0 Å². The zero-order valence-electron chi connectivity index (χ0n) is 15.6. The lowest BCUT2D eigenvalue weighted by atomic mass is 9.84. The third-order valence-corrected chi connectivity index (χ3v) is 4.63. The maximum atomic E-state index is 13.1. The summed E-state index contributed by atoms with van der Waals surface area (Å²) in [6.45, 7) is 8.90. The predicted octanol–water partition coefficient (Wildman–Crippen LogP) is 2.63. The molecule has 1 aromatic heterocycles. The van der Waals surface area contributed by atoms with Crippen LogP contribution in [0.1, 0.15) is 48.0 Å². The van der Waals surface area contributed by atoms with Crippen LogP contribution in [0.15, 0.2) is 36.7 Å². The second-order valence-electron chi connectivity index (χ2n) is 7.24. The molecular weight excluding hydrogens is 328 g/mol. The van der Waals surface area contributed by atoms with Crippen LogP contribution in [0, 0.1) is 6.92 Å². The smallest absolute Gasteiger partial charge is 0.257 e. The Morgan fingerprint density at radius 1 is 1.27 bits per heavy atom. The minimum absolute atomic E-state index is 0.127. The molecule has 0 radical (unpaired) electrons. The Bertz CT molecular complexity index is 862. The van der Waals surface area contributed by atoms with Crippen molar-refractivity contribution in [3.05, 3.63) is 59.0 Å². The van der Waals surface area contributed by atoms with Crippen molar-refractivity contribution in [1.29, 1.82) is 0 Å². The van der Waals surface area contributed by atoms with Gasteiger partial charge in [-0.3, -0.25) is 14.7 Å². The van der Waals surface area contributed by atoms with Gasteiger partial charge < -0.3 is 10.2 Å². The molecule has 0 saturated carbocycles. The van der Waals surface area contributed by atoms with Crippen LogP contribution in [0.2, 0.25) is 0 Å². The van der Waals surface area contributed by atoms with Gasteiger partial charge in [0, 0.05) is 35.8 Å². The Labute approximate surface area is 153 Å². The van der Waals surface area contributed by atoms with E-state index in [-0.39, 0.29) is 17.2 Å². The molecule has 0 spiro atoms. The molecule has 0 aliphatic carbocycles. The van der Waals surface area contributed by atoms with Gasteiger partial charge in [0.2, 0.25) is 0 Å². The zero-order valence-corrected chi connectivity index (χ0v) is 15.6. The third kappa shape index (κ3) is 3.27. The van der Waals surface area contributed by atoms with E-state index in [1.165, 1.54) is 0 Å². The standard InChI is InChI=1S/C20H24N4O2/c1-5-21-18(25)15-11-24(19(26)14-8-6-13(2)7-9-14)12-20(3,4)16-10-22-23-17(15)16/h6-11H,5,12H2,1-4H3,(H,21,25)(H,22,23). The number of aromatic amines is 1. The number of rotatable bonds is 3. The number of nitrogens with one attached hydrogen (secondary N) is 2. The molecule has 2 aromatic rings. The molecule has 1 aliphatic heterocycles. The summed E-state index contributed by atoms with van der Waals surface area (Å²) in [5, 5.41) is 9.87. The van der Waals surface area contributed by atoms with E-state index in [4.69, 9.17) is 0 Å². The third-order valence-electron chi connectivity index (χ3n) is 4.63. The fourth-order valence-electron chi connectivity index (χ4n) is 3.20. The molecule has 26 heavy (non-hydrogen) atoms. The molecule has 0 fully saturated rings. The number of likely N-dealkylation sites (N-methyl/N-ethyl adjacent to an activating group) is 1. The Hall–Kier alpha value is -2.89. The second-order valence-corrected chi connectivity index (χ2v) is 7.24. The van der Waals surface area contributed by atoms with Gasteiger partial charge in [-0.2, -0.15) is 5.10 Å². The van der Waals surface area contributed by atoms with Crippen molar-refractivity contribution < 1.29 is 9.59 Å². The molecule has 2 N–H and O–H groups in total. The lowest BCUT2D eigenvalue weighted by molar-refractivity contribution is -0.115. The molecule has 1 aliphatic rings. The van der Waals surface area contributed by atoms with Crippen LogP contribution in [-0.4, -0.2) is 40.0 Å². The molecule has 0 bridgehead atoms. The molecule has 6 nitrogen and oxygen atoms in total. The SMILES string of the molecule is CCNC(=O)C1=CN(C(=O)c2ccc(C)cc2)CC(C)(C)c2cn[nH]c21. The molecule has 0 atom stereocenters. The van der Waals surface area contributed by atoms with Crippen LogP contribution in [0.25, 0.3) is 5.57 Å². The molecule has 1 aromatic carbocycles. The fraction of sp³-hybridized carbons (Fsp3) is 0.350. The highest BCUT2D eigenvalue weighted by Crippen LogP contribution is 2.34. The number of hydrogen-bond acceptors (Lipinski definition) is 3. The first-order valence-corrected chi connectivity index (χ1v) is 8.75. The number of H-pyrrole nitrogens is 1. The number of aryl methyl sites for hydroxylation is 1. The predicted molar refractivity (Wildman–Crippen MR) is 100 cm³/mol. The summed E-state index contributed by atoms with van der Waals surface area (Å²) in [6, 6.07) is 7.46. The number of carbonyl (C=O) groups excluding carboxylic acids is 2. The monoisotopic (exact) mass is 352 g/mol. The van der Waals surface area contributed by atoms with Crippen molar-refractivity contribution in [3.8, 4) is 0 Å². The summed E-state index contributed by atoms with van der Waals surface area (Å²) >= 11 is 0. The Morgan fingerprint density at radius 3 is 2.62 bits per heavy atom. The molecule has 136 valence electrons. The number of amides is 2. The zero-order chi connectivity index (χ0) is 18.9. The Balaban J connectivity index is 2.06. The highest BCUT2D eigenvalue weighted by molar-refractivity contribution is 6.20. The molecule has 2 heterocycles. The first-order valence-electron chi connectivity index (χ1n) is 8.75. The molecule has 0 saturated heterocycles. The van der Waals surface area contributed by atoms with Crippen molar-refractivity contribution in [2.24, 2.45) is 0 Å². The van der Waals surface area contributed by atoms with Crippen LogP contribution >= 0.6 is 0 Å². The summed E-state index contributed by atoms with van der Waals surface area (Å²) < 4.78 is 0. The number of nitrogens with zero attached hydrogens (tertiary/aromatic N) is 2. The highest BCUT2D eigenvalue weighted by atomic mass is 16.2. The summed E-state index contributed by atoms with van der Waals surface area (Å²) in [5.74, 6) is -0.351. The van der Waals surface area contributed by atoms with E-state index in [0.717, 1.165) is 11.1 Å². The van der Waals surface area contributed by atoms with Crippen LogP contribution < -0.4 is 5.32 Å². The fourth-order valence-corrected chi connectivity index (χ4v) is 3.20. The maximum absolute atomic E-state index is 13.1. The van der Waals surface area contributed by atoms with Gasteiger partial charge in [-0.15, -0.1) is 0 Å². The van der Waals surface area contributed by atoms with Gasteiger partial charge in [-0.25, -0.2) is 0 Å². The molecule has 6 heteroatoms. The first kappa shape index (κ1) is 17.9. The van der Waals surface area contributed by atoms with Crippen molar-refractivity contribution in [1.82, 2.24) is 20.4 Å². The minimum atomic E-state index is -0.354. The van der Waals surface area contributed by atoms with Gasteiger partial charge in [-0.1, -0.05) is 31.5 Å². The quantitative estimate of drug-likeness (QED) is 0.891. The lowest BCUT2D eigenvalue weighted by Crippen LogP contribution is -2.36. The van der Waals surface area contributed by atoms with Crippen LogP contribution in [0.4, 0.5) is 0 Å². The number of benzene rings is 1. The van der Waals surface area contributed by atoms with E-state index in [2.05, 4.69) is 15.5 Å². The molecule has 0 unspecified atom stereocenters. The van der Waals surface area contributed by atoms with E-state index in [1.807, 2.05) is 52.0 Å². The lowest BCUT2D eigenvalue weighted by Gasteiger charge is -2.28. The molecular formula is C20H24N4O2. The summed E-state index contributed by atoms with van der Waals surface area (Å²) in [7, 11) is 0. The summed E-state index contributed by atoms with van der Waals surface area (Å²) in [6.07, 6.45) is 3.38. The van der Waals surface area contributed by atoms with E-state index < -0.39 is 0 Å². The first-order chi connectivity index (χ1) is 12.3. The normalized spacial score (nSPS) is 15.7. The van der Waals surface area contributed by atoms with E-state index in [0.29, 0.717) is 29.9 Å². The summed E-state index contributed by atoms with van der Waals surface area (Å²) in [5.41, 5.74) is 3.35. The number of carbonyl (C=O) groups is 2. The van der Waals surface area contributed by atoms with Crippen molar-refractivity contribution >= 4 is 17.4 Å². The number of aromatic nitrogens is 2. The topological polar surface area (TPSA) is 78.1 Å². The van der Waals surface area contributed by atoms with E-state index in [9.17, 15) is 9.59 Å². The average molecular weight is 352 g/mol. The van der Waals surface area contributed by atoms with Crippen LogP contribution in [0.5, 0.6) is 0 Å². The highest BCUT2D eigenvalue weighted by Gasteiger charge is 2.35. The van der Waals surface area contributed by atoms with Gasteiger partial charge in [0.05, 0.1) is 17.5 Å². The Kier molecular flexibility index (Phi) is 4.68. The van der Waals surface area contributed by atoms with Crippen LogP contribution in [-0.2, 0) is 10.2 Å². The van der Waals surface area contributed by atoms with Crippen molar-refractivity contribution in [3.63, 3.8) is 0 Å². The van der Waals surface area contributed by atoms with Crippen molar-refractivity contribution in [2.45, 2.75) is 33.1 Å². The van der Waals surface area contributed by atoms with Crippen molar-refractivity contribution in [2.75, 3.05) is 13.1 Å². The minimum Gasteiger partial charge on any atom is -0.352 e. The maximum Gasteiger partial charge on any atom is 0.257 e.